The third kappa shape index (κ3) is 1.53. The number of nitrogens with one attached hydrogen (secondary N) is 1. The van der Waals surface area contributed by atoms with E-state index in [9.17, 15) is 0 Å². The SMILES string of the molecule is CC(C)Nc1cnc2c(c1)nnn2C. The summed E-state index contributed by atoms with van der Waals surface area (Å²) in [5.74, 6) is 0. The first-order valence-corrected chi connectivity index (χ1v) is 4.59. The molecule has 0 aliphatic heterocycles. The van der Waals surface area contributed by atoms with Gasteiger partial charge in [-0.1, -0.05) is 5.21 Å². The normalized spacial score (nSPS) is 11.1. The number of hydrogen-bond donors (Lipinski definition) is 1. The number of pyridine rings is 1. The molecule has 0 unspecified atom stereocenters. The standard InChI is InChI=1S/C9H13N5/c1-6(2)11-7-4-8-9(10-5-7)14(3)13-12-8/h4-6,11H,1-3H3. The number of nitrogens with zero attached hydrogens (tertiary/aromatic N) is 4. The summed E-state index contributed by atoms with van der Waals surface area (Å²) in [6.45, 7) is 4.17. The van der Waals surface area contributed by atoms with Gasteiger partial charge in [0.25, 0.3) is 0 Å². The molecule has 0 saturated heterocycles. The van der Waals surface area contributed by atoms with Gasteiger partial charge in [0.1, 0.15) is 5.52 Å². The lowest BCUT2D eigenvalue weighted by atomic mass is 10.3. The van der Waals surface area contributed by atoms with E-state index in [1.54, 1.807) is 10.9 Å². The van der Waals surface area contributed by atoms with Crippen LogP contribution in [-0.2, 0) is 7.05 Å². The van der Waals surface area contributed by atoms with Gasteiger partial charge in [-0.25, -0.2) is 9.67 Å². The lowest BCUT2D eigenvalue weighted by Gasteiger charge is -2.08. The molecule has 1 N–H and O–H groups in total. The Morgan fingerprint density at radius 3 is 2.93 bits per heavy atom. The summed E-state index contributed by atoms with van der Waals surface area (Å²) in [4.78, 5) is 4.27. The maximum Gasteiger partial charge on any atom is 0.178 e. The second kappa shape index (κ2) is 3.25. The van der Waals surface area contributed by atoms with E-state index >= 15 is 0 Å². The fraction of sp³-hybridized carbons (Fsp3) is 0.444. The Kier molecular flexibility index (Phi) is 2.07. The highest BCUT2D eigenvalue weighted by Crippen LogP contribution is 2.13. The zero-order chi connectivity index (χ0) is 10.1. The molecule has 14 heavy (non-hydrogen) atoms. The molecule has 0 radical (unpaired) electrons. The van der Waals surface area contributed by atoms with E-state index < -0.39 is 0 Å². The van der Waals surface area contributed by atoms with Crippen molar-refractivity contribution in [2.75, 3.05) is 5.32 Å². The molecule has 74 valence electrons. The van der Waals surface area contributed by atoms with Crippen LogP contribution in [-0.4, -0.2) is 26.0 Å². The second-order valence-electron chi connectivity index (χ2n) is 3.58. The number of hydrogen-bond acceptors (Lipinski definition) is 4. The highest BCUT2D eigenvalue weighted by atomic mass is 15.4. The van der Waals surface area contributed by atoms with Crippen LogP contribution in [0.5, 0.6) is 0 Å². The molecule has 2 aromatic heterocycles. The molecule has 0 spiro atoms. The lowest BCUT2D eigenvalue weighted by Crippen LogP contribution is -2.09. The molecule has 2 heterocycles. The van der Waals surface area contributed by atoms with Gasteiger partial charge in [-0.15, -0.1) is 5.10 Å². The predicted molar refractivity (Wildman–Crippen MR) is 55.1 cm³/mol. The van der Waals surface area contributed by atoms with E-state index in [4.69, 9.17) is 0 Å². The number of aryl methyl sites for hydroxylation is 1. The van der Waals surface area contributed by atoms with E-state index in [1.165, 1.54) is 0 Å². The minimum atomic E-state index is 0.394. The van der Waals surface area contributed by atoms with Crippen LogP contribution in [0.1, 0.15) is 13.8 Å². The highest BCUT2D eigenvalue weighted by Gasteiger charge is 2.03. The molecule has 5 heteroatoms. The monoisotopic (exact) mass is 191 g/mol. The molecule has 5 nitrogen and oxygen atoms in total. The zero-order valence-electron chi connectivity index (χ0n) is 8.52. The van der Waals surface area contributed by atoms with Crippen LogP contribution in [0.25, 0.3) is 11.2 Å². The van der Waals surface area contributed by atoms with Crippen LogP contribution in [0.4, 0.5) is 5.69 Å². The third-order valence-corrected chi connectivity index (χ3v) is 1.90. The van der Waals surface area contributed by atoms with E-state index in [0.29, 0.717) is 6.04 Å². The van der Waals surface area contributed by atoms with Gasteiger partial charge in [-0.2, -0.15) is 0 Å². The number of fused-ring (bicyclic) bond motifs is 1. The first kappa shape index (κ1) is 8.93. The fourth-order valence-corrected chi connectivity index (χ4v) is 1.34. The molecule has 0 aromatic carbocycles. The van der Waals surface area contributed by atoms with E-state index in [2.05, 4.69) is 34.5 Å². The minimum absolute atomic E-state index is 0.394. The molecule has 0 amide bonds. The van der Waals surface area contributed by atoms with Crippen molar-refractivity contribution >= 4 is 16.9 Å². The summed E-state index contributed by atoms with van der Waals surface area (Å²) < 4.78 is 1.66. The third-order valence-electron chi connectivity index (χ3n) is 1.90. The average molecular weight is 191 g/mol. The van der Waals surface area contributed by atoms with Gasteiger partial charge in [0.2, 0.25) is 0 Å². The maximum absolute atomic E-state index is 4.27. The highest BCUT2D eigenvalue weighted by molar-refractivity contribution is 5.73. The van der Waals surface area contributed by atoms with Crippen LogP contribution in [0, 0.1) is 0 Å². The Hall–Kier alpha value is -1.65. The van der Waals surface area contributed by atoms with Crippen LogP contribution in [0.3, 0.4) is 0 Å². The predicted octanol–water partition coefficient (Wildman–Crippen LogP) is 1.18. The van der Waals surface area contributed by atoms with Gasteiger partial charge in [-0.3, -0.25) is 0 Å². The molecular weight excluding hydrogens is 178 g/mol. The first-order valence-electron chi connectivity index (χ1n) is 4.59. The van der Waals surface area contributed by atoms with Crippen LogP contribution in [0.15, 0.2) is 12.3 Å². The van der Waals surface area contributed by atoms with Crippen molar-refractivity contribution in [3.8, 4) is 0 Å². The summed E-state index contributed by atoms with van der Waals surface area (Å²) in [5.41, 5.74) is 2.60. The van der Waals surface area contributed by atoms with Crippen molar-refractivity contribution in [2.24, 2.45) is 7.05 Å². The molecule has 0 atom stereocenters. The molecule has 0 bridgehead atoms. The molecule has 0 aliphatic rings. The first-order chi connectivity index (χ1) is 6.66. The smallest absolute Gasteiger partial charge is 0.178 e. The minimum Gasteiger partial charge on any atom is -0.382 e. The Labute approximate surface area is 82.1 Å². The Bertz CT molecular complexity index is 445. The van der Waals surface area contributed by atoms with Crippen molar-refractivity contribution in [3.63, 3.8) is 0 Å². The summed E-state index contributed by atoms with van der Waals surface area (Å²) in [6.07, 6.45) is 1.80. The van der Waals surface area contributed by atoms with Gasteiger partial charge in [0.15, 0.2) is 5.65 Å². The molecule has 2 rings (SSSR count). The maximum atomic E-state index is 4.27. The lowest BCUT2D eigenvalue weighted by molar-refractivity contribution is 0.730. The summed E-state index contributed by atoms with van der Waals surface area (Å²) in [7, 11) is 1.83. The van der Waals surface area contributed by atoms with Gasteiger partial charge in [-0.05, 0) is 19.9 Å². The largest absolute Gasteiger partial charge is 0.382 e. The van der Waals surface area contributed by atoms with Crippen molar-refractivity contribution in [1.29, 1.82) is 0 Å². The molecule has 0 aliphatic carbocycles. The van der Waals surface area contributed by atoms with Gasteiger partial charge < -0.3 is 5.32 Å². The second-order valence-corrected chi connectivity index (χ2v) is 3.58. The van der Waals surface area contributed by atoms with Crippen molar-refractivity contribution in [1.82, 2.24) is 20.0 Å². The Balaban J connectivity index is 2.42. The fourth-order valence-electron chi connectivity index (χ4n) is 1.34. The van der Waals surface area contributed by atoms with Crippen molar-refractivity contribution in [2.45, 2.75) is 19.9 Å². The summed E-state index contributed by atoms with van der Waals surface area (Å²) >= 11 is 0. The topological polar surface area (TPSA) is 55.6 Å². The van der Waals surface area contributed by atoms with Crippen molar-refractivity contribution < 1.29 is 0 Å². The quantitative estimate of drug-likeness (QED) is 0.774. The zero-order valence-corrected chi connectivity index (χ0v) is 8.52. The number of anilines is 1. The molecule has 0 saturated carbocycles. The Morgan fingerprint density at radius 2 is 2.21 bits per heavy atom. The van der Waals surface area contributed by atoms with E-state index in [0.717, 1.165) is 16.9 Å². The molecule has 2 aromatic rings. The van der Waals surface area contributed by atoms with Crippen molar-refractivity contribution in [3.05, 3.63) is 12.3 Å². The van der Waals surface area contributed by atoms with Crippen LogP contribution < -0.4 is 5.32 Å². The summed E-state index contributed by atoms with van der Waals surface area (Å²) in [6, 6.07) is 2.35. The van der Waals surface area contributed by atoms with Gasteiger partial charge in [0, 0.05) is 13.1 Å². The van der Waals surface area contributed by atoms with Crippen LogP contribution in [0.2, 0.25) is 0 Å². The van der Waals surface area contributed by atoms with E-state index in [-0.39, 0.29) is 0 Å². The van der Waals surface area contributed by atoms with E-state index in [1.807, 2.05) is 13.1 Å². The average Bonchev–Trinajstić information content (AvgIpc) is 2.46. The van der Waals surface area contributed by atoms with Gasteiger partial charge in [0.05, 0.1) is 11.9 Å². The number of aromatic nitrogens is 4. The molecular formula is C9H13N5. The Morgan fingerprint density at radius 1 is 1.43 bits per heavy atom. The van der Waals surface area contributed by atoms with Crippen LogP contribution >= 0.6 is 0 Å². The number of rotatable bonds is 2. The summed E-state index contributed by atoms with van der Waals surface area (Å²) in [5, 5.41) is 11.2. The molecule has 0 fully saturated rings. The van der Waals surface area contributed by atoms with Gasteiger partial charge >= 0.3 is 0 Å².